The SMILES string of the molecule is CCCCCCCCCCOC(=O)c1ccc(C=Cc2ccc(O)c(O)c2)cc1.CCOC(=O)C=Cc1ccc(C=Cc2ccc(O)c(O)c2)cc1.COC(=O)c1ccc(C=Cc2ccc(C=Cc3ccc(O)c(O)c3)cc2)cc1. The smallest absolute Gasteiger partial charge is 0.338 e. The maximum Gasteiger partial charge on any atom is 0.338 e. The van der Waals surface area contributed by atoms with E-state index in [1.54, 1.807) is 55.5 Å². The fourth-order valence-corrected chi connectivity index (χ4v) is 7.56. The van der Waals surface area contributed by atoms with Crippen molar-refractivity contribution in [3.63, 3.8) is 0 Å². The zero-order valence-corrected chi connectivity index (χ0v) is 45.4. The Morgan fingerprint density at radius 3 is 0.988 bits per heavy atom. The van der Waals surface area contributed by atoms with Gasteiger partial charge in [0.1, 0.15) is 0 Å². The highest BCUT2D eigenvalue weighted by atomic mass is 16.5. The van der Waals surface area contributed by atoms with Crippen molar-refractivity contribution < 1.29 is 59.2 Å². The summed E-state index contributed by atoms with van der Waals surface area (Å²) in [6.45, 7) is 4.82. The molecular weight excluding hydrogens is 1010 g/mol. The fraction of sp³-hybridized carbons (Fsp3) is 0.191. The van der Waals surface area contributed by atoms with Gasteiger partial charge in [0, 0.05) is 6.08 Å². The van der Waals surface area contributed by atoms with E-state index >= 15 is 0 Å². The van der Waals surface area contributed by atoms with Crippen LogP contribution in [0, 0.1) is 0 Å². The third-order valence-electron chi connectivity index (χ3n) is 12.2. The molecule has 0 saturated heterocycles. The Kier molecular flexibility index (Phi) is 25.7. The largest absolute Gasteiger partial charge is 0.504 e. The van der Waals surface area contributed by atoms with E-state index < -0.39 is 0 Å². The second-order valence-electron chi connectivity index (χ2n) is 18.3. The standard InChI is InChI=1S/C25H32O4.C24H20O4.C19H18O4/c1-2-3-4-5-6-7-8-9-18-29-25(28)22-15-12-20(13-16-22)10-11-21-14-17-23(26)24(27)19-21;1-28-24(27)21-13-10-19(11-14-21)7-6-17-2-4-18(5-3-17)8-9-20-12-15-22(25)23(26)16-20;1-2-23-19(22)12-10-15-5-3-14(4-6-15)7-8-16-9-11-17(20)18(21)13-16/h10-17,19,26-27H,2-9,18H2,1H3;2-16,25-26H,1H3;3-13,20-21H,2H2,1H3. The molecule has 12 nitrogen and oxygen atoms in total. The van der Waals surface area contributed by atoms with Gasteiger partial charge in [-0.1, -0.05) is 191 Å². The van der Waals surface area contributed by atoms with Crippen LogP contribution in [-0.4, -0.2) is 68.9 Å². The van der Waals surface area contributed by atoms with Gasteiger partial charge in [0.25, 0.3) is 0 Å². The molecule has 7 rings (SSSR count). The number of carbonyl (C=O) groups excluding carboxylic acids is 3. The van der Waals surface area contributed by atoms with Crippen molar-refractivity contribution in [2.75, 3.05) is 20.3 Å². The lowest BCUT2D eigenvalue weighted by atomic mass is 10.1. The highest BCUT2D eigenvalue weighted by molar-refractivity contribution is 5.90. The summed E-state index contributed by atoms with van der Waals surface area (Å²) in [6, 6.07) is 44.0. The third kappa shape index (κ3) is 22.2. The molecule has 0 aliphatic heterocycles. The van der Waals surface area contributed by atoms with Crippen LogP contribution in [0.15, 0.2) is 158 Å². The number of methoxy groups -OCH3 is 1. The van der Waals surface area contributed by atoms with Crippen molar-refractivity contribution in [2.24, 2.45) is 0 Å². The Morgan fingerprint density at radius 1 is 0.350 bits per heavy atom. The number of ether oxygens (including phenoxy) is 3. The summed E-state index contributed by atoms with van der Waals surface area (Å²) >= 11 is 0. The summed E-state index contributed by atoms with van der Waals surface area (Å²) in [6.07, 6.45) is 28.0. The van der Waals surface area contributed by atoms with E-state index in [0.717, 1.165) is 62.9 Å². The van der Waals surface area contributed by atoms with Crippen LogP contribution in [0.5, 0.6) is 34.5 Å². The van der Waals surface area contributed by atoms with Crippen LogP contribution in [0.4, 0.5) is 0 Å². The fourth-order valence-electron chi connectivity index (χ4n) is 7.56. The third-order valence-corrected chi connectivity index (χ3v) is 12.2. The second-order valence-corrected chi connectivity index (χ2v) is 18.3. The van der Waals surface area contributed by atoms with Gasteiger partial charge in [-0.3, -0.25) is 0 Å². The first kappa shape index (κ1) is 61.3. The van der Waals surface area contributed by atoms with Gasteiger partial charge in [-0.15, -0.1) is 0 Å². The van der Waals surface area contributed by atoms with E-state index in [-0.39, 0.29) is 52.4 Å². The number of phenols is 6. The molecule has 0 amide bonds. The number of carbonyl (C=O) groups is 3. The molecule has 0 aliphatic carbocycles. The Bertz CT molecular complexity index is 3200. The summed E-state index contributed by atoms with van der Waals surface area (Å²) in [7, 11) is 1.36. The maximum absolute atomic E-state index is 12.1. The van der Waals surface area contributed by atoms with Crippen LogP contribution in [0.1, 0.15) is 136 Å². The Morgan fingerprint density at radius 2 is 0.650 bits per heavy atom. The summed E-state index contributed by atoms with van der Waals surface area (Å²) in [5.74, 6) is -1.84. The highest BCUT2D eigenvalue weighted by Crippen LogP contribution is 2.28. The molecule has 6 N–H and O–H groups in total. The Labute approximate surface area is 468 Å². The molecule has 7 aromatic carbocycles. The van der Waals surface area contributed by atoms with Crippen molar-refractivity contribution in [1.82, 2.24) is 0 Å². The van der Waals surface area contributed by atoms with Crippen molar-refractivity contribution in [3.8, 4) is 34.5 Å². The quantitative estimate of drug-likeness (QED) is 0.00938. The first-order valence-electron chi connectivity index (χ1n) is 26.5. The molecular formula is C68H70O12. The molecule has 0 aromatic heterocycles. The van der Waals surface area contributed by atoms with Crippen LogP contribution in [0.3, 0.4) is 0 Å². The normalized spacial score (nSPS) is 11.1. The van der Waals surface area contributed by atoms with Gasteiger partial charge in [-0.2, -0.15) is 0 Å². The molecule has 80 heavy (non-hydrogen) atoms. The molecule has 414 valence electrons. The summed E-state index contributed by atoms with van der Waals surface area (Å²) in [4.78, 5) is 34.8. The molecule has 0 unspecified atom stereocenters. The number of rotatable bonds is 22. The van der Waals surface area contributed by atoms with Crippen molar-refractivity contribution in [2.45, 2.75) is 65.2 Å². The molecule has 0 aliphatic rings. The average Bonchev–Trinajstić information content (AvgIpc) is 3.48. The minimum Gasteiger partial charge on any atom is -0.504 e. The first-order chi connectivity index (χ1) is 38.7. The minimum atomic E-state index is -0.358. The van der Waals surface area contributed by atoms with Crippen LogP contribution in [0.2, 0.25) is 0 Å². The van der Waals surface area contributed by atoms with Gasteiger partial charge in [-0.05, 0) is 130 Å². The maximum atomic E-state index is 12.1. The number of unbranched alkanes of at least 4 members (excludes halogenated alkanes) is 7. The van der Waals surface area contributed by atoms with Gasteiger partial charge in [-0.25, -0.2) is 14.4 Å². The average molecular weight is 1080 g/mol. The van der Waals surface area contributed by atoms with E-state index in [4.69, 9.17) is 9.47 Å². The molecule has 7 aromatic rings. The summed E-state index contributed by atoms with van der Waals surface area (Å²) < 4.78 is 14.9. The van der Waals surface area contributed by atoms with E-state index in [9.17, 15) is 45.0 Å². The first-order valence-corrected chi connectivity index (χ1v) is 26.5. The van der Waals surface area contributed by atoms with Gasteiger partial charge < -0.3 is 44.8 Å². The molecule has 0 atom stereocenters. The lowest BCUT2D eigenvalue weighted by molar-refractivity contribution is -0.137. The molecule has 0 heterocycles. The van der Waals surface area contributed by atoms with E-state index in [2.05, 4.69) is 11.7 Å². The van der Waals surface area contributed by atoms with E-state index in [1.165, 1.54) is 88.1 Å². The highest BCUT2D eigenvalue weighted by Gasteiger charge is 2.08. The molecule has 0 saturated carbocycles. The zero-order chi connectivity index (χ0) is 57.5. The lowest BCUT2D eigenvalue weighted by Gasteiger charge is -2.05. The molecule has 0 bridgehead atoms. The number of hydrogen-bond donors (Lipinski definition) is 6. The molecule has 0 fully saturated rings. The summed E-state index contributed by atoms with van der Waals surface area (Å²) in [5.41, 5.74) is 9.30. The Balaban J connectivity index is 0.000000222. The summed E-state index contributed by atoms with van der Waals surface area (Å²) in [5, 5.41) is 56.4. The van der Waals surface area contributed by atoms with Gasteiger partial charge in [0.15, 0.2) is 34.5 Å². The minimum absolute atomic E-state index is 0.131. The van der Waals surface area contributed by atoms with Gasteiger partial charge >= 0.3 is 17.9 Å². The van der Waals surface area contributed by atoms with E-state index in [0.29, 0.717) is 24.3 Å². The van der Waals surface area contributed by atoms with Crippen molar-refractivity contribution in [3.05, 3.63) is 219 Å². The number of esters is 3. The number of phenolic OH excluding ortho intramolecular Hbond substituents is 6. The number of benzene rings is 7. The predicted octanol–water partition coefficient (Wildman–Crippen LogP) is 15.6. The second kappa shape index (κ2) is 33.6. The number of aromatic hydroxyl groups is 6. The lowest BCUT2D eigenvalue weighted by Crippen LogP contribution is -2.06. The monoisotopic (exact) mass is 1080 g/mol. The predicted molar refractivity (Wildman–Crippen MR) is 321 cm³/mol. The van der Waals surface area contributed by atoms with Crippen molar-refractivity contribution in [1.29, 1.82) is 0 Å². The van der Waals surface area contributed by atoms with E-state index in [1.807, 2.05) is 121 Å². The van der Waals surface area contributed by atoms with Gasteiger partial charge in [0.05, 0.1) is 31.5 Å². The van der Waals surface area contributed by atoms with Crippen LogP contribution in [-0.2, 0) is 19.0 Å². The topological polar surface area (TPSA) is 200 Å². The van der Waals surface area contributed by atoms with Crippen LogP contribution in [0.25, 0.3) is 54.7 Å². The number of hydrogen-bond acceptors (Lipinski definition) is 12. The van der Waals surface area contributed by atoms with Crippen LogP contribution >= 0.6 is 0 Å². The zero-order valence-electron chi connectivity index (χ0n) is 45.4. The van der Waals surface area contributed by atoms with Gasteiger partial charge in [0.2, 0.25) is 0 Å². The molecule has 0 radical (unpaired) electrons. The van der Waals surface area contributed by atoms with Crippen LogP contribution < -0.4 is 0 Å². The molecule has 0 spiro atoms. The van der Waals surface area contributed by atoms with Crippen molar-refractivity contribution >= 4 is 72.6 Å². The Hall–Kier alpha value is -9.55. The molecule has 12 heteroatoms.